The number of nitrogens with zero attached hydrogens (tertiary/aromatic N) is 1. The third kappa shape index (κ3) is 11.2. The Bertz CT molecular complexity index is 1700. The zero-order valence-electron chi connectivity index (χ0n) is 27.2. The molecule has 2 unspecified atom stereocenters. The lowest BCUT2D eigenvalue weighted by molar-refractivity contribution is -0.285. The van der Waals surface area contributed by atoms with E-state index in [-0.39, 0.29) is 54.4 Å². The minimum Gasteiger partial charge on any atom is -0.493 e. The van der Waals surface area contributed by atoms with Gasteiger partial charge in [-0.15, -0.1) is 0 Å². The zero-order chi connectivity index (χ0) is 37.2. The summed E-state index contributed by atoms with van der Waals surface area (Å²) in [5.41, 5.74) is 1.29. The number of ether oxygens (including phenoxy) is 4. The Morgan fingerprint density at radius 3 is 2.06 bits per heavy atom. The standard InChI is InChI=1S/C37H34F5NO8/c1-24(3-4-25(2)50-35(47)27-8-14-29(15-9-27)48-22-21-36(38,39)37(40,41)42)23-49-30-12-5-26(6-13-30)7-20-34(46)51-31-16-10-28(11-17-31)43-32(44)18-19-33(43)45/h3-10,12-16,20,28,31H,1-2,11,17-19,21-23H2/b4-3-,20-7+. The predicted molar refractivity (Wildman–Crippen MR) is 174 cm³/mol. The Kier molecular flexibility index (Phi) is 12.7. The fourth-order valence-corrected chi connectivity index (χ4v) is 4.86. The Labute approximate surface area is 290 Å². The first-order valence-electron chi connectivity index (χ1n) is 15.7. The number of carbonyl (C=O) groups is 4. The van der Waals surface area contributed by atoms with Crippen LogP contribution in [0.2, 0.25) is 0 Å². The first kappa shape index (κ1) is 38.3. The molecule has 270 valence electrons. The van der Waals surface area contributed by atoms with Crippen LogP contribution in [0.25, 0.3) is 6.08 Å². The Balaban J connectivity index is 1.14. The highest BCUT2D eigenvalue weighted by Crippen LogP contribution is 2.38. The molecule has 1 fully saturated rings. The van der Waals surface area contributed by atoms with E-state index in [1.807, 2.05) is 0 Å². The molecule has 0 aromatic heterocycles. The van der Waals surface area contributed by atoms with Crippen LogP contribution in [0.3, 0.4) is 0 Å². The maximum atomic E-state index is 13.0. The van der Waals surface area contributed by atoms with E-state index in [0.29, 0.717) is 29.7 Å². The van der Waals surface area contributed by atoms with Crippen molar-refractivity contribution >= 4 is 29.8 Å². The molecular weight excluding hydrogens is 681 g/mol. The molecule has 0 spiro atoms. The van der Waals surface area contributed by atoms with Crippen molar-refractivity contribution in [1.82, 2.24) is 4.90 Å². The van der Waals surface area contributed by atoms with Crippen molar-refractivity contribution in [2.45, 2.75) is 56.3 Å². The summed E-state index contributed by atoms with van der Waals surface area (Å²) < 4.78 is 84.0. The van der Waals surface area contributed by atoms with Gasteiger partial charge in [-0.1, -0.05) is 37.4 Å². The molecule has 0 bridgehead atoms. The molecule has 1 aliphatic carbocycles. The number of hydrogen-bond acceptors (Lipinski definition) is 8. The molecule has 0 N–H and O–H groups in total. The fraction of sp³-hybridized carbons (Fsp3) is 0.297. The van der Waals surface area contributed by atoms with Crippen molar-refractivity contribution in [1.29, 1.82) is 0 Å². The van der Waals surface area contributed by atoms with Crippen LogP contribution in [-0.2, 0) is 23.9 Å². The minimum atomic E-state index is -5.67. The second-order valence-corrected chi connectivity index (χ2v) is 11.5. The number of rotatable bonds is 15. The number of amides is 2. The van der Waals surface area contributed by atoms with Crippen molar-refractivity contribution in [2.75, 3.05) is 13.2 Å². The zero-order valence-corrected chi connectivity index (χ0v) is 27.2. The minimum absolute atomic E-state index is 0.00694. The normalized spacial score (nSPS) is 17.9. The summed E-state index contributed by atoms with van der Waals surface area (Å²) in [5.74, 6) is -6.07. The number of esters is 2. The second-order valence-electron chi connectivity index (χ2n) is 11.5. The van der Waals surface area contributed by atoms with Gasteiger partial charge in [0.1, 0.15) is 30.0 Å². The maximum absolute atomic E-state index is 13.0. The number of imide groups is 1. The van der Waals surface area contributed by atoms with Gasteiger partial charge in [-0.3, -0.25) is 14.5 Å². The maximum Gasteiger partial charge on any atom is 0.453 e. The van der Waals surface area contributed by atoms with Gasteiger partial charge < -0.3 is 18.9 Å². The predicted octanol–water partition coefficient (Wildman–Crippen LogP) is 7.31. The van der Waals surface area contributed by atoms with Gasteiger partial charge in [0, 0.05) is 18.9 Å². The molecule has 1 heterocycles. The van der Waals surface area contributed by atoms with Crippen molar-refractivity contribution in [3.05, 3.63) is 115 Å². The first-order chi connectivity index (χ1) is 24.1. The van der Waals surface area contributed by atoms with Crippen LogP contribution >= 0.6 is 0 Å². The molecule has 51 heavy (non-hydrogen) atoms. The van der Waals surface area contributed by atoms with Crippen molar-refractivity contribution in [2.24, 2.45) is 0 Å². The molecule has 2 atom stereocenters. The lowest BCUT2D eigenvalue weighted by Crippen LogP contribution is -2.40. The van der Waals surface area contributed by atoms with Crippen LogP contribution in [0.15, 0.2) is 103 Å². The molecule has 14 heteroatoms. The van der Waals surface area contributed by atoms with Crippen molar-refractivity contribution in [3.8, 4) is 11.5 Å². The van der Waals surface area contributed by atoms with E-state index in [1.165, 1.54) is 47.4 Å². The molecule has 4 rings (SSSR count). The Morgan fingerprint density at radius 1 is 0.824 bits per heavy atom. The van der Waals surface area contributed by atoms with Crippen LogP contribution in [0.1, 0.15) is 48.0 Å². The third-order valence-corrected chi connectivity index (χ3v) is 7.62. The number of alkyl halides is 5. The monoisotopic (exact) mass is 715 g/mol. The largest absolute Gasteiger partial charge is 0.493 e. The Hall–Kier alpha value is -5.53. The third-order valence-electron chi connectivity index (χ3n) is 7.62. The number of benzene rings is 2. The van der Waals surface area contributed by atoms with Crippen LogP contribution in [-0.4, -0.2) is 66.1 Å². The van der Waals surface area contributed by atoms with Crippen molar-refractivity contribution in [3.63, 3.8) is 0 Å². The number of halogens is 5. The van der Waals surface area contributed by atoms with Crippen LogP contribution < -0.4 is 9.47 Å². The topological polar surface area (TPSA) is 108 Å². The first-order valence-corrected chi connectivity index (χ1v) is 15.7. The van der Waals surface area contributed by atoms with E-state index in [0.717, 1.165) is 0 Å². The SMILES string of the molecule is C=C(/C=C\C(=C)OC(=O)c1ccc(OCCC(F)(F)C(F)(F)F)cc1)COc1ccc(/C=C/C(=O)OC2C=CC(N3C(=O)CCC3=O)CC2)cc1. The summed E-state index contributed by atoms with van der Waals surface area (Å²) in [4.78, 5) is 49.8. The van der Waals surface area contributed by atoms with Gasteiger partial charge in [0.2, 0.25) is 11.8 Å². The highest BCUT2D eigenvalue weighted by molar-refractivity contribution is 6.02. The van der Waals surface area contributed by atoms with E-state index in [2.05, 4.69) is 13.2 Å². The van der Waals surface area contributed by atoms with E-state index in [1.54, 1.807) is 42.5 Å². The number of carbonyl (C=O) groups excluding carboxylic acids is 4. The molecule has 1 aliphatic heterocycles. The smallest absolute Gasteiger partial charge is 0.453 e. The summed E-state index contributed by atoms with van der Waals surface area (Å²) in [5, 5.41) is 0. The lowest BCUT2D eigenvalue weighted by Gasteiger charge is -2.28. The van der Waals surface area contributed by atoms with Gasteiger partial charge in [0.05, 0.1) is 24.6 Å². The molecule has 1 saturated heterocycles. The summed E-state index contributed by atoms with van der Waals surface area (Å²) in [6, 6.07) is 11.5. The van der Waals surface area contributed by atoms with Gasteiger partial charge >= 0.3 is 24.0 Å². The molecular formula is C37H34F5NO8. The highest BCUT2D eigenvalue weighted by Gasteiger charge is 2.56. The quantitative estimate of drug-likeness (QED) is 0.0360. The average Bonchev–Trinajstić information content (AvgIpc) is 3.43. The molecule has 2 aromatic rings. The highest BCUT2D eigenvalue weighted by atomic mass is 19.4. The molecule has 0 saturated carbocycles. The molecule has 2 aliphatic rings. The number of likely N-dealkylation sites (tertiary alicyclic amines) is 1. The van der Waals surface area contributed by atoms with Gasteiger partial charge in [-0.2, -0.15) is 22.0 Å². The summed E-state index contributed by atoms with van der Waals surface area (Å²) in [7, 11) is 0. The molecule has 2 amide bonds. The van der Waals surface area contributed by atoms with Gasteiger partial charge in [-0.05, 0) is 78.6 Å². The summed E-state index contributed by atoms with van der Waals surface area (Å²) in [6.45, 7) is 6.72. The number of allylic oxidation sites excluding steroid dienone is 1. The molecule has 9 nitrogen and oxygen atoms in total. The van der Waals surface area contributed by atoms with Gasteiger partial charge in [-0.25, -0.2) is 9.59 Å². The second kappa shape index (κ2) is 16.9. The molecule has 0 radical (unpaired) electrons. The van der Waals surface area contributed by atoms with Crippen molar-refractivity contribution < 1.29 is 60.1 Å². The molecule has 2 aromatic carbocycles. The van der Waals surface area contributed by atoms with Crippen LogP contribution in [0.5, 0.6) is 11.5 Å². The van der Waals surface area contributed by atoms with E-state index >= 15 is 0 Å². The van der Waals surface area contributed by atoms with Crippen LogP contribution in [0.4, 0.5) is 22.0 Å². The van der Waals surface area contributed by atoms with E-state index < -0.39 is 43.2 Å². The number of hydrogen-bond donors (Lipinski definition) is 0. The van der Waals surface area contributed by atoms with Gasteiger partial charge in [0.15, 0.2) is 0 Å². The summed E-state index contributed by atoms with van der Waals surface area (Å²) in [6.07, 6.45) is 3.06. The summed E-state index contributed by atoms with van der Waals surface area (Å²) >= 11 is 0. The lowest BCUT2D eigenvalue weighted by atomic mass is 9.99. The van der Waals surface area contributed by atoms with E-state index in [4.69, 9.17) is 18.9 Å². The van der Waals surface area contributed by atoms with E-state index in [9.17, 15) is 41.1 Å². The van der Waals surface area contributed by atoms with Crippen LogP contribution in [0, 0.1) is 0 Å². The van der Waals surface area contributed by atoms with Gasteiger partial charge in [0.25, 0.3) is 0 Å². The average molecular weight is 716 g/mol. The fourth-order valence-electron chi connectivity index (χ4n) is 4.86. The Morgan fingerprint density at radius 2 is 1.45 bits per heavy atom.